The second-order valence-electron chi connectivity index (χ2n) is 8.00. The van der Waals surface area contributed by atoms with E-state index in [0.717, 1.165) is 4.90 Å². The third-order valence-corrected chi connectivity index (χ3v) is 6.66. The van der Waals surface area contributed by atoms with Gasteiger partial charge in [-0.3, -0.25) is 24.5 Å². The van der Waals surface area contributed by atoms with Gasteiger partial charge in [-0.2, -0.15) is 0 Å². The number of amides is 2. The number of halogens is 1. The Balaban J connectivity index is 1.59. The number of hydrogen-bond donors (Lipinski definition) is 1. The molecule has 10 nitrogen and oxygen atoms in total. The van der Waals surface area contributed by atoms with Crippen molar-refractivity contribution in [1.82, 2.24) is 0 Å². The fraction of sp³-hybridized carbons (Fsp3) is 0.167. The highest BCUT2D eigenvalue weighted by atomic mass is 79.9. The quantitative estimate of drug-likeness (QED) is 0.291. The minimum atomic E-state index is -1.11. The molecule has 2 aliphatic heterocycles. The zero-order chi connectivity index (χ0) is 24.9. The van der Waals surface area contributed by atoms with Gasteiger partial charge in [0.05, 0.1) is 33.9 Å². The first-order chi connectivity index (χ1) is 16.8. The van der Waals surface area contributed by atoms with Gasteiger partial charge in [0.25, 0.3) is 11.6 Å². The molecule has 2 aliphatic rings. The molecule has 35 heavy (non-hydrogen) atoms. The van der Waals surface area contributed by atoms with Gasteiger partial charge in [-0.15, -0.1) is 0 Å². The Morgan fingerprint density at radius 1 is 1.03 bits per heavy atom. The Hall–Kier alpha value is -3.96. The predicted molar refractivity (Wildman–Crippen MR) is 128 cm³/mol. The van der Waals surface area contributed by atoms with Gasteiger partial charge in [0.15, 0.2) is 17.6 Å². The number of hydrogen-bond acceptors (Lipinski definition) is 8. The van der Waals surface area contributed by atoms with Crippen molar-refractivity contribution < 1.29 is 29.2 Å². The maximum atomic E-state index is 13.7. The number of phenolic OH excluding ortho intramolecular Hbond substituents is 1. The number of nitro benzene ring substituents is 1. The molecule has 3 atom stereocenters. The summed E-state index contributed by atoms with van der Waals surface area (Å²) in [6.07, 6.45) is -1.11. The van der Waals surface area contributed by atoms with Crippen molar-refractivity contribution in [3.8, 4) is 11.5 Å². The van der Waals surface area contributed by atoms with Crippen LogP contribution in [-0.2, 0) is 14.4 Å². The number of phenols is 1. The Morgan fingerprint density at radius 2 is 1.71 bits per heavy atom. The molecule has 0 unspecified atom stereocenters. The van der Waals surface area contributed by atoms with E-state index in [1.165, 1.54) is 36.4 Å². The van der Waals surface area contributed by atoms with Crippen LogP contribution in [0.15, 0.2) is 71.2 Å². The summed E-state index contributed by atoms with van der Waals surface area (Å²) in [5, 5.41) is 22.8. The lowest BCUT2D eigenvalue weighted by molar-refractivity contribution is -0.384. The number of fused-ring (bicyclic) bond motifs is 1. The van der Waals surface area contributed by atoms with Gasteiger partial charge in [0.2, 0.25) is 5.91 Å². The molecule has 2 heterocycles. The number of carbonyl (C=O) groups excluding carboxylic acids is 2. The number of non-ortho nitro benzene ring substituents is 1. The second kappa shape index (κ2) is 8.67. The molecule has 0 bridgehead atoms. The van der Waals surface area contributed by atoms with Crippen molar-refractivity contribution in [2.45, 2.75) is 12.1 Å². The zero-order valence-electron chi connectivity index (χ0n) is 18.2. The van der Waals surface area contributed by atoms with Crippen LogP contribution in [0.25, 0.3) is 0 Å². The second-order valence-corrected chi connectivity index (χ2v) is 8.85. The summed E-state index contributed by atoms with van der Waals surface area (Å²) in [5.74, 6) is -1.89. The van der Waals surface area contributed by atoms with E-state index in [0.29, 0.717) is 15.7 Å². The number of carbonyl (C=O) groups is 2. The molecule has 2 fully saturated rings. The van der Waals surface area contributed by atoms with Crippen LogP contribution in [0.2, 0.25) is 0 Å². The number of nitrogens with zero attached hydrogens (tertiary/aromatic N) is 3. The van der Waals surface area contributed by atoms with Crippen LogP contribution in [0.1, 0.15) is 11.6 Å². The lowest BCUT2D eigenvalue weighted by Gasteiger charge is -2.29. The van der Waals surface area contributed by atoms with E-state index in [9.17, 15) is 24.8 Å². The zero-order valence-corrected chi connectivity index (χ0v) is 19.8. The van der Waals surface area contributed by atoms with Crippen molar-refractivity contribution in [2.24, 2.45) is 5.92 Å². The van der Waals surface area contributed by atoms with Gasteiger partial charge in [0, 0.05) is 12.1 Å². The van der Waals surface area contributed by atoms with E-state index >= 15 is 0 Å². The third kappa shape index (κ3) is 3.69. The van der Waals surface area contributed by atoms with Crippen molar-refractivity contribution in [3.05, 3.63) is 86.9 Å². The Labute approximate surface area is 207 Å². The molecule has 3 aromatic carbocycles. The van der Waals surface area contributed by atoms with E-state index in [1.54, 1.807) is 24.3 Å². The van der Waals surface area contributed by atoms with Crippen LogP contribution in [0, 0.1) is 16.0 Å². The van der Waals surface area contributed by atoms with Crippen molar-refractivity contribution in [3.63, 3.8) is 0 Å². The largest absolute Gasteiger partial charge is 0.503 e. The van der Waals surface area contributed by atoms with E-state index in [4.69, 9.17) is 9.57 Å². The maximum absolute atomic E-state index is 13.7. The molecule has 0 aromatic heterocycles. The number of ether oxygens (including phenoxy) is 1. The summed E-state index contributed by atoms with van der Waals surface area (Å²) in [7, 11) is 1.41. The van der Waals surface area contributed by atoms with Crippen LogP contribution in [0.4, 0.5) is 17.1 Å². The van der Waals surface area contributed by atoms with Crippen LogP contribution in [-0.4, -0.2) is 35.1 Å². The lowest BCUT2D eigenvalue weighted by Crippen LogP contribution is -2.37. The highest BCUT2D eigenvalue weighted by Gasteiger charge is 2.60. The lowest BCUT2D eigenvalue weighted by atomic mass is 9.90. The monoisotopic (exact) mass is 539 g/mol. The molecule has 0 saturated carbocycles. The number of benzene rings is 3. The number of hydroxylamine groups is 1. The summed E-state index contributed by atoms with van der Waals surface area (Å²) in [6.45, 7) is 0. The highest BCUT2D eigenvalue weighted by molar-refractivity contribution is 9.10. The molecule has 0 radical (unpaired) electrons. The SMILES string of the molecule is COc1cc([C@H]2[C@@H]3C(=O)N(c4ccc([N+](=O)[O-])cc4)C(=O)[C@H]3ON2c2ccccc2)cc(Br)c1O. The van der Waals surface area contributed by atoms with Gasteiger partial charge in [-0.05, 0) is 57.9 Å². The summed E-state index contributed by atoms with van der Waals surface area (Å²) >= 11 is 3.32. The number of methoxy groups -OCH3 is 1. The Bertz CT molecular complexity index is 1330. The summed E-state index contributed by atoms with van der Waals surface area (Å²) in [5.41, 5.74) is 1.28. The van der Waals surface area contributed by atoms with E-state index in [1.807, 2.05) is 18.2 Å². The van der Waals surface area contributed by atoms with Crippen LogP contribution in [0.3, 0.4) is 0 Å². The number of nitro groups is 1. The standard InChI is InChI=1S/C24H18BrN3O7/c1-34-18-12-13(11-17(25)21(18)29)20-19-22(35-27(20)15-5-3-2-4-6-15)24(31)26(23(19)30)14-7-9-16(10-8-14)28(32)33/h2-12,19-20,22,29H,1H3/t19-,20-,22-/m0/s1. The van der Waals surface area contributed by atoms with Crippen LogP contribution < -0.4 is 14.7 Å². The highest BCUT2D eigenvalue weighted by Crippen LogP contribution is 2.49. The molecule has 0 spiro atoms. The van der Waals surface area contributed by atoms with Crippen molar-refractivity contribution >= 4 is 44.8 Å². The molecule has 0 aliphatic carbocycles. The molecular formula is C24H18BrN3O7. The van der Waals surface area contributed by atoms with Crippen molar-refractivity contribution in [2.75, 3.05) is 17.1 Å². The molecule has 1 N–H and O–H groups in total. The topological polar surface area (TPSA) is 122 Å². The van der Waals surface area contributed by atoms with Gasteiger partial charge >= 0.3 is 0 Å². The Morgan fingerprint density at radius 3 is 2.34 bits per heavy atom. The molecule has 2 saturated heterocycles. The fourth-order valence-electron chi connectivity index (χ4n) is 4.45. The number of para-hydroxylation sites is 1. The number of aromatic hydroxyl groups is 1. The average molecular weight is 540 g/mol. The van der Waals surface area contributed by atoms with Gasteiger partial charge in [-0.1, -0.05) is 18.2 Å². The first-order valence-electron chi connectivity index (χ1n) is 10.5. The van der Waals surface area contributed by atoms with Gasteiger partial charge in [-0.25, -0.2) is 9.96 Å². The molecule has 2 amide bonds. The molecule has 3 aromatic rings. The van der Waals surface area contributed by atoms with E-state index in [-0.39, 0.29) is 22.9 Å². The Kier molecular flexibility index (Phi) is 5.65. The predicted octanol–water partition coefficient (Wildman–Crippen LogP) is 4.12. The maximum Gasteiger partial charge on any atom is 0.269 e. The van der Waals surface area contributed by atoms with Crippen LogP contribution >= 0.6 is 15.9 Å². The third-order valence-electron chi connectivity index (χ3n) is 6.06. The minimum absolute atomic E-state index is 0.0979. The molecule has 11 heteroatoms. The van der Waals surface area contributed by atoms with Gasteiger partial charge in [0.1, 0.15) is 5.92 Å². The average Bonchev–Trinajstić information content (AvgIpc) is 3.37. The molecule has 5 rings (SSSR count). The number of anilines is 2. The van der Waals surface area contributed by atoms with E-state index < -0.39 is 34.8 Å². The minimum Gasteiger partial charge on any atom is -0.503 e. The number of rotatable bonds is 5. The first-order valence-corrected chi connectivity index (χ1v) is 11.3. The van der Waals surface area contributed by atoms with E-state index in [2.05, 4.69) is 15.9 Å². The summed E-state index contributed by atoms with van der Waals surface area (Å²) in [6, 6.07) is 16.8. The fourth-order valence-corrected chi connectivity index (χ4v) is 4.91. The smallest absolute Gasteiger partial charge is 0.269 e. The summed E-state index contributed by atoms with van der Waals surface area (Å²) < 4.78 is 5.64. The molecular weight excluding hydrogens is 522 g/mol. The normalized spacial score (nSPS) is 21.4. The van der Waals surface area contributed by atoms with Gasteiger partial charge < -0.3 is 9.84 Å². The van der Waals surface area contributed by atoms with Crippen LogP contribution in [0.5, 0.6) is 11.5 Å². The first kappa shape index (κ1) is 22.8. The number of imide groups is 1. The summed E-state index contributed by atoms with van der Waals surface area (Å²) in [4.78, 5) is 44.5. The van der Waals surface area contributed by atoms with Crippen molar-refractivity contribution in [1.29, 1.82) is 0 Å². The molecule has 178 valence electrons.